The number of nitrogens with one attached hydrogen (secondary N) is 2. The highest BCUT2D eigenvalue weighted by Gasteiger charge is 2.09. The van der Waals surface area contributed by atoms with Gasteiger partial charge in [0.05, 0.1) is 5.56 Å². The molecule has 0 aliphatic heterocycles. The zero-order valence-electron chi connectivity index (χ0n) is 8.85. The van der Waals surface area contributed by atoms with Crippen LogP contribution in [0.15, 0.2) is 18.2 Å². The average molecular weight is 192 g/mol. The molecule has 0 aliphatic carbocycles. The Morgan fingerprint density at radius 2 is 2.14 bits per heavy atom. The molecule has 3 nitrogen and oxygen atoms in total. The molecule has 1 amide bonds. The van der Waals surface area contributed by atoms with Gasteiger partial charge in [0.15, 0.2) is 0 Å². The van der Waals surface area contributed by atoms with E-state index in [1.165, 1.54) is 0 Å². The topological polar surface area (TPSA) is 41.1 Å². The highest BCUT2D eigenvalue weighted by molar-refractivity contribution is 5.99. The summed E-state index contributed by atoms with van der Waals surface area (Å²) in [5, 5.41) is 5.79. The van der Waals surface area contributed by atoms with E-state index in [-0.39, 0.29) is 5.91 Å². The molecule has 2 N–H and O–H groups in total. The predicted molar refractivity (Wildman–Crippen MR) is 58.7 cm³/mol. The van der Waals surface area contributed by atoms with Crippen LogP contribution in [0.2, 0.25) is 0 Å². The molecule has 1 aromatic carbocycles. The zero-order valence-corrected chi connectivity index (χ0v) is 8.85. The molecule has 14 heavy (non-hydrogen) atoms. The van der Waals surface area contributed by atoms with E-state index in [0.717, 1.165) is 11.3 Å². The van der Waals surface area contributed by atoms with Gasteiger partial charge in [0.1, 0.15) is 0 Å². The van der Waals surface area contributed by atoms with Crippen molar-refractivity contribution in [2.45, 2.75) is 13.8 Å². The zero-order chi connectivity index (χ0) is 10.6. The van der Waals surface area contributed by atoms with E-state index in [0.29, 0.717) is 12.1 Å². The number of aryl methyl sites for hydroxylation is 1. The largest absolute Gasteiger partial charge is 0.387 e. The van der Waals surface area contributed by atoms with E-state index in [9.17, 15) is 4.79 Å². The number of benzene rings is 1. The Balaban J connectivity index is 3.03. The van der Waals surface area contributed by atoms with Gasteiger partial charge in [-0.2, -0.15) is 0 Å². The summed E-state index contributed by atoms with van der Waals surface area (Å²) in [7, 11) is 1.81. The molecule has 0 radical (unpaired) electrons. The van der Waals surface area contributed by atoms with Gasteiger partial charge >= 0.3 is 0 Å². The molecule has 0 fully saturated rings. The fourth-order valence-electron chi connectivity index (χ4n) is 1.32. The van der Waals surface area contributed by atoms with E-state index in [1.54, 1.807) is 0 Å². The van der Waals surface area contributed by atoms with Crippen molar-refractivity contribution in [2.24, 2.45) is 0 Å². The molecular weight excluding hydrogens is 176 g/mol. The number of hydrogen-bond donors (Lipinski definition) is 2. The molecule has 0 aliphatic rings. The van der Waals surface area contributed by atoms with Gasteiger partial charge in [-0.25, -0.2) is 0 Å². The number of rotatable bonds is 3. The third-order valence-electron chi connectivity index (χ3n) is 2.03. The van der Waals surface area contributed by atoms with Crippen LogP contribution < -0.4 is 10.6 Å². The van der Waals surface area contributed by atoms with Gasteiger partial charge in [-0.3, -0.25) is 4.79 Å². The normalized spacial score (nSPS) is 9.64. The number of hydrogen-bond acceptors (Lipinski definition) is 2. The molecule has 0 saturated heterocycles. The maximum Gasteiger partial charge on any atom is 0.253 e. The number of amides is 1. The molecule has 0 atom stereocenters. The second-order valence-corrected chi connectivity index (χ2v) is 3.16. The lowest BCUT2D eigenvalue weighted by atomic mass is 10.1. The molecule has 1 rings (SSSR count). The average Bonchev–Trinajstić information content (AvgIpc) is 2.18. The summed E-state index contributed by atoms with van der Waals surface area (Å²) in [5.41, 5.74) is 2.65. The summed E-state index contributed by atoms with van der Waals surface area (Å²) < 4.78 is 0. The summed E-state index contributed by atoms with van der Waals surface area (Å²) in [6.45, 7) is 4.53. The van der Waals surface area contributed by atoms with Crippen molar-refractivity contribution in [1.29, 1.82) is 0 Å². The van der Waals surface area contributed by atoms with Gasteiger partial charge < -0.3 is 10.6 Å². The summed E-state index contributed by atoms with van der Waals surface area (Å²) in [4.78, 5) is 11.6. The molecule has 0 spiro atoms. The molecule has 0 unspecified atom stereocenters. The predicted octanol–water partition coefficient (Wildman–Crippen LogP) is 1.79. The molecule has 0 bridgehead atoms. The Bertz CT molecular complexity index is 334. The van der Waals surface area contributed by atoms with Crippen LogP contribution in [-0.4, -0.2) is 19.5 Å². The van der Waals surface area contributed by atoms with Crippen molar-refractivity contribution in [3.63, 3.8) is 0 Å². The molecule has 0 saturated carbocycles. The first-order chi connectivity index (χ1) is 6.69. The second kappa shape index (κ2) is 4.65. The van der Waals surface area contributed by atoms with Crippen LogP contribution in [0.1, 0.15) is 22.8 Å². The minimum absolute atomic E-state index is 0.0273. The maximum atomic E-state index is 11.6. The smallest absolute Gasteiger partial charge is 0.253 e. The molecule has 1 aromatic rings. The minimum Gasteiger partial charge on any atom is -0.387 e. The molecule has 0 heterocycles. The number of carbonyl (C=O) groups excluding carboxylic acids is 1. The molecule has 3 heteroatoms. The first kappa shape index (κ1) is 10.6. The summed E-state index contributed by atoms with van der Waals surface area (Å²) in [5.74, 6) is -0.0273. The van der Waals surface area contributed by atoms with Crippen molar-refractivity contribution >= 4 is 11.6 Å². The first-order valence-corrected chi connectivity index (χ1v) is 4.75. The van der Waals surface area contributed by atoms with Crippen molar-refractivity contribution in [3.05, 3.63) is 29.3 Å². The first-order valence-electron chi connectivity index (χ1n) is 4.75. The van der Waals surface area contributed by atoms with Crippen molar-refractivity contribution in [1.82, 2.24) is 5.32 Å². The van der Waals surface area contributed by atoms with Gasteiger partial charge in [0, 0.05) is 19.3 Å². The van der Waals surface area contributed by atoms with Gasteiger partial charge in [-0.15, -0.1) is 0 Å². The quantitative estimate of drug-likeness (QED) is 0.766. The maximum absolute atomic E-state index is 11.6. The lowest BCUT2D eigenvalue weighted by Gasteiger charge is -2.09. The van der Waals surface area contributed by atoms with E-state index >= 15 is 0 Å². The second-order valence-electron chi connectivity index (χ2n) is 3.16. The minimum atomic E-state index is -0.0273. The SMILES string of the molecule is CCNC(=O)c1cc(C)ccc1NC. The van der Waals surface area contributed by atoms with Gasteiger partial charge in [-0.1, -0.05) is 11.6 Å². The lowest BCUT2D eigenvalue weighted by Crippen LogP contribution is -2.23. The fraction of sp³-hybridized carbons (Fsp3) is 0.364. The number of anilines is 1. The van der Waals surface area contributed by atoms with Crippen LogP contribution in [0.25, 0.3) is 0 Å². The Morgan fingerprint density at radius 3 is 2.71 bits per heavy atom. The third-order valence-corrected chi connectivity index (χ3v) is 2.03. The van der Waals surface area contributed by atoms with Crippen LogP contribution in [0.5, 0.6) is 0 Å². The Kier molecular flexibility index (Phi) is 3.51. The van der Waals surface area contributed by atoms with Gasteiger partial charge in [0.25, 0.3) is 5.91 Å². The van der Waals surface area contributed by atoms with Crippen LogP contribution >= 0.6 is 0 Å². The third kappa shape index (κ3) is 2.25. The summed E-state index contributed by atoms with van der Waals surface area (Å²) in [6, 6.07) is 5.78. The van der Waals surface area contributed by atoms with Crippen LogP contribution in [0, 0.1) is 6.92 Å². The van der Waals surface area contributed by atoms with Gasteiger partial charge in [0.2, 0.25) is 0 Å². The Hall–Kier alpha value is -1.51. The van der Waals surface area contributed by atoms with E-state index in [1.807, 2.05) is 39.1 Å². The van der Waals surface area contributed by atoms with Crippen LogP contribution in [-0.2, 0) is 0 Å². The molecule has 76 valence electrons. The standard InChI is InChI=1S/C11H16N2O/c1-4-13-11(14)9-7-8(2)5-6-10(9)12-3/h5-7,12H,4H2,1-3H3,(H,13,14). The van der Waals surface area contributed by atoms with E-state index < -0.39 is 0 Å². The van der Waals surface area contributed by atoms with Crippen LogP contribution in [0.4, 0.5) is 5.69 Å². The van der Waals surface area contributed by atoms with Crippen molar-refractivity contribution in [3.8, 4) is 0 Å². The highest BCUT2D eigenvalue weighted by atomic mass is 16.1. The van der Waals surface area contributed by atoms with Crippen LogP contribution in [0.3, 0.4) is 0 Å². The van der Waals surface area contributed by atoms with Gasteiger partial charge in [-0.05, 0) is 26.0 Å². The van der Waals surface area contributed by atoms with Crippen molar-refractivity contribution in [2.75, 3.05) is 18.9 Å². The Labute approximate surface area is 84.5 Å². The molecular formula is C11H16N2O. The summed E-state index contributed by atoms with van der Waals surface area (Å²) >= 11 is 0. The molecule has 0 aromatic heterocycles. The fourth-order valence-corrected chi connectivity index (χ4v) is 1.32. The highest BCUT2D eigenvalue weighted by Crippen LogP contribution is 2.16. The monoisotopic (exact) mass is 192 g/mol. The lowest BCUT2D eigenvalue weighted by molar-refractivity contribution is 0.0956. The van der Waals surface area contributed by atoms with E-state index in [2.05, 4.69) is 10.6 Å². The number of carbonyl (C=O) groups is 1. The Morgan fingerprint density at radius 1 is 1.43 bits per heavy atom. The summed E-state index contributed by atoms with van der Waals surface area (Å²) in [6.07, 6.45) is 0. The van der Waals surface area contributed by atoms with Crippen molar-refractivity contribution < 1.29 is 4.79 Å². The van der Waals surface area contributed by atoms with E-state index in [4.69, 9.17) is 0 Å².